The summed E-state index contributed by atoms with van der Waals surface area (Å²) >= 11 is 1.49. The fourth-order valence-electron chi connectivity index (χ4n) is 2.91. The minimum atomic E-state index is -0.110. The monoisotopic (exact) mass is 376 g/mol. The van der Waals surface area contributed by atoms with Crippen LogP contribution in [0.5, 0.6) is 0 Å². The largest absolute Gasteiger partial charge is 0.378 e. The van der Waals surface area contributed by atoms with E-state index in [1.165, 1.54) is 11.3 Å². The van der Waals surface area contributed by atoms with Crippen LogP contribution in [-0.2, 0) is 6.54 Å². The maximum atomic E-state index is 12.7. The average Bonchev–Trinajstić information content (AvgIpc) is 3.29. The zero-order valence-corrected chi connectivity index (χ0v) is 16.0. The highest BCUT2D eigenvalue weighted by atomic mass is 32.1. The number of aromatic nitrogens is 2. The summed E-state index contributed by atoms with van der Waals surface area (Å²) in [7, 11) is 4.04. The summed E-state index contributed by atoms with van der Waals surface area (Å²) in [5.41, 5.74) is 2.28. The van der Waals surface area contributed by atoms with Gasteiger partial charge in [0.25, 0.3) is 5.91 Å². The Morgan fingerprint density at radius 1 is 1.11 bits per heavy atom. The summed E-state index contributed by atoms with van der Waals surface area (Å²) in [6.07, 6.45) is 1.70. The summed E-state index contributed by atoms with van der Waals surface area (Å²) in [6, 6.07) is 20.1. The number of carbonyl (C=O) groups is 1. The molecule has 4 rings (SSSR count). The van der Waals surface area contributed by atoms with Crippen molar-refractivity contribution in [3.63, 3.8) is 0 Å². The maximum Gasteiger partial charge on any atom is 0.266 e. The number of nitrogens with one attached hydrogen (secondary N) is 1. The molecule has 6 heteroatoms. The average molecular weight is 376 g/mol. The van der Waals surface area contributed by atoms with Crippen molar-refractivity contribution in [2.45, 2.75) is 6.54 Å². The van der Waals surface area contributed by atoms with Gasteiger partial charge in [0.2, 0.25) is 0 Å². The van der Waals surface area contributed by atoms with Gasteiger partial charge in [-0.3, -0.25) is 4.79 Å². The third-order valence-corrected chi connectivity index (χ3v) is 5.51. The summed E-state index contributed by atoms with van der Waals surface area (Å²) in [5.74, 6) is 0.579. The van der Waals surface area contributed by atoms with Gasteiger partial charge in [-0.15, -0.1) is 11.3 Å². The van der Waals surface area contributed by atoms with Crippen LogP contribution in [0, 0.1) is 0 Å². The van der Waals surface area contributed by atoms with Crippen molar-refractivity contribution < 1.29 is 4.79 Å². The Balaban J connectivity index is 1.50. The normalized spacial score (nSPS) is 10.9. The van der Waals surface area contributed by atoms with E-state index in [0.29, 0.717) is 17.2 Å². The van der Waals surface area contributed by atoms with Crippen molar-refractivity contribution in [3.05, 3.63) is 77.3 Å². The summed E-state index contributed by atoms with van der Waals surface area (Å²) in [6.45, 7) is 0.600. The van der Waals surface area contributed by atoms with E-state index in [-0.39, 0.29) is 5.91 Å². The third-order valence-electron chi connectivity index (χ3n) is 4.39. The van der Waals surface area contributed by atoms with Gasteiger partial charge in [-0.05, 0) is 35.2 Å². The Bertz CT molecular complexity index is 1050. The molecule has 0 saturated carbocycles. The van der Waals surface area contributed by atoms with Gasteiger partial charge in [0.15, 0.2) is 0 Å². The van der Waals surface area contributed by atoms with E-state index in [4.69, 9.17) is 0 Å². The van der Waals surface area contributed by atoms with Crippen LogP contribution in [0.3, 0.4) is 0 Å². The molecule has 0 aliphatic heterocycles. The molecule has 136 valence electrons. The maximum absolute atomic E-state index is 12.7. The topological polar surface area (TPSA) is 50.2 Å². The number of fused-ring (bicyclic) bond motifs is 1. The molecule has 5 nitrogen and oxygen atoms in total. The minimum absolute atomic E-state index is 0.110. The van der Waals surface area contributed by atoms with E-state index in [9.17, 15) is 4.79 Å². The molecule has 0 bridgehead atoms. The number of amides is 1. The molecule has 2 aromatic carbocycles. The van der Waals surface area contributed by atoms with Gasteiger partial charge in [-0.1, -0.05) is 30.3 Å². The van der Waals surface area contributed by atoms with Gasteiger partial charge >= 0.3 is 0 Å². The number of carbonyl (C=O) groups excluding carboxylic acids is 1. The minimum Gasteiger partial charge on any atom is -0.378 e. The molecular weight excluding hydrogens is 356 g/mol. The highest BCUT2D eigenvalue weighted by Gasteiger charge is 2.13. The predicted octanol–water partition coefficient (Wildman–Crippen LogP) is 4.46. The Morgan fingerprint density at radius 3 is 2.63 bits per heavy atom. The first-order valence-corrected chi connectivity index (χ1v) is 9.50. The van der Waals surface area contributed by atoms with Gasteiger partial charge < -0.3 is 10.2 Å². The summed E-state index contributed by atoms with van der Waals surface area (Å²) in [5, 5.41) is 8.42. The summed E-state index contributed by atoms with van der Waals surface area (Å²) < 4.78 is 2.91. The van der Waals surface area contributed by atoms with Crippen molar-refractivity contribution in [1.29, 1.82) is 0 Å². The molecule has 0 spiro atoms. The molecule has 2 aromatic heterocycles. The molecule has 0 saturated heterocycles. The molecule has 2 heterocycles. The van der Waals surface area contributed by atoms with Crippen LogP contribution in [0.25, 0.3) is 10.1 Å². The lowest BCUT2D eigenvalue weighted by atomic mass is 10.2. The zero-order chi connectivity index (χ0) is 18.8. The molecule has 0 atom stereocenters. The van der Waals surface area contributed by atoms with E-state index in [1.54, 1.807) is 10.9 Å². The van der Waals surface area contributed by atoms with Crippen LogP contribution in [0.15, 0.2) is 66.9 Å². The zero-order valence-electron chi connectivity index (χ0n) is 15.2. The van der Waals surface area contributed by atoms with Crippen LogP contribution in [0.4, 0.5) is 11.5 Å². The SMILES string of the molecule is CN(C)c1ccc(Cn2nccc2NC(=O)c2cc3ccccc3s2)cc1. The van der Waals surface area contributed by atoms with Crippen molar-refractivity contribution in [2.24, 2.45) is 0 Å². The van der Waals surface area contributed by atoms with Crippen LogP contribution < -0.4 is 10.2 Å². The smallest absolute Gasteiger partial charge is 0.266 e. The van der Waals surface area contributed by atoms with Crippen LogP contribution in [0.1, 0.15) is 15.2 Å². The first kappa shape index (κ1) is 17.3. The number of thiophene rings is 1. The van der Waals surface area contributed by atoms with E-state index in [2.05, 4.69) is 39.6 Å². The van der Waals surface area contributed by atoms with Gasteiger partial charge in [-0.2, -0.15) is 5.10 Å². The number of anilines is 2. The highest BCUT2D eigenvalue weighted by molar-refractivity contribution is 7.20. The van der Waals surface area contributed by atoms with Crippen LogP contribution >= 0.6 is 11.3 Å². The fraction of sp³-hybridized carbons (Fsp3) is 0.143. The number of rotatable bonds is 5. The van der Waals surface area contributed by atoms with Crippen LogP contribution in [0.2, 0.25) is 0 Å². The lowest BCUT2D eigenvalue weighted by Gasteiger charge is -2.13. The second-order valence-electron chi connectivity index (χ2n) is 6.54. The van der Waals surface area contributed by atoms with Gasteiger partial charge in [-0.25, -0.2) is 4.68 Å². The Hall–Kier alpha value is -3.12. The van der Waals surface area contributed by atoms with E-state index in [1.807, 2.05) is 50.5 Å². The molecule has 0 unspecified atom stereocenters. The van der Waals surface area contributed by atoms with Gasteiger partial charge in [0, 0.05) is 30.5 Å². The first-order chi connectivity index (χ1) is 13.1. The lowest BCUT2D eigenvalue weighted by Crippen LogP contribution is -2.15. The standard InChI is InChI=1S/C21H20N4OS/c1-24(2)17-9-7-15(8-10-17)14-25-20(11-12-22-25)23-21(26)19-13-16-5-3-4-6-18(16)27-19/h3-13H,14H2,1-2H3,(H,23,26). The lowest BCUT2D eigenvalue weighted by molar-refractivity contribution is 0.102. The van der Waals surface area contributed by atoms with E-state index < -0.39 is 0 Å². The van der Waals surface area contributed by atoms with Crippen LogP contribution in [-0.4, -0.2) is 29.8 Å². The quantitative estimate of drug-likeness (QED) is 0.559. The number of nitrogens with zero attached hydrogens (tertiary/aromatic N) is 3. The number of hydrogen-bond donors (Lipinski definition) is 1. The van der Waals surface area contributed by atoms with E-state index >= 15 is 0 Å². The molecule has 1 N–H and O–H groups in total. The third kappa shape index (κ3) is 3.71. The summed E-state index contributed by atoms with van der Waals surface area (Å²) in [4.78, 5) is 15.4. The molecule has 0 fully saturated rings. The Kier molecular flexibility index (Phi) is 4.64. The number of hydrogen-bond acceptors (Lipinski definition) is 4. The Labute approximate surface area is 161 Å². The Morgan fingerprint density at radius 2 is 1.89 bits per heavy atom. The molecule has 0 aliphatic rings. The fourth-order valence-corrected chi connectivity index (χ4v) is 3.87. The predicted molar refractivity (Wildman–Crippen MR) is 112 cm³/mol. The van der Waals surface area contributed by atoms with Crippen molar-refractivity contribution in [2.75, 3.05) is 24.3 Å². The molecular formula is C21H20N4OS. The first-order valence-electron chi connectivity index (χ1n) is 8.68. The second kappa shape index (κ2) is 7.25. The molecule has 0 aliphatic carbocycles. The van der Waals surface area contributed by atoms with Crippen molar-refractivity contribution in [1.82, 2.24) is 9.78 Å². The second-order valence-corrected chi connectivity index (χ2v) is 7.62. The van der Waals surface area contributed by atoms with Gasteiger partial charge in [0.05, 0.1) is 17.6 Å². The van der Waals surface area contributed by atoms with Crippen molar-refractivity contribution in [3.8, 4) is 0 Å². The number of benzene rings is 2. The van der Waals surface area contributed by atoms with E-state index in [0.717, 1.165) is 21.3 Å². The van der Waals surface area contributed by atoms with Crippen molar-refractivity contribution >= 4 is 38.8 Å². The highest BCUT2D eigenvalue weighted by Crippen LogP contribution is 2.26. The van der Waals surface area contributed by atoms with Gasteiger partial charge in [0.1, 0.15) is 5.82 Å². The molecule has 1 amide bonds. The molecule has 4 aromatic rings. The molecule has 27 heavy (non-hydrogen) atoms. The molecule has 0 radical (unpaired) electrons.